The average Bonchev–Trinajstić information content (AvgIpc) is 2.75. The zero-order chi connectivity index (χ0) is 18.5. The van der Waals surface area contributed by atoms with Gasteiger partial charge in [0.2, 0.25) is 0 Å². The molecule has 27 heavy (non-hydrogen) atoms. The van der Waals surface area contributed by atoms with Crippen molar-refractivity contribution < 1.29 is 4.74 Å². The van der Waals surface area contributed by atoms with Gasteiger partial charge in [0, 0.05) is 62.4 Å². The molecule has 0 spiro atoms. The van der Waals surface area contributed by atoms with Gasteiger partial charge in [0.1, 0.15) is 5.82 Å². The van der Waals surface area contributed by atoms with Crippen LogP contribution in [0.2, 0.25) is 0 Å². The van der Waals surface area contributed by atoms with Crippen LogP contribution in [0.5, 0.6) is 0 Å². The molecule has 1 aromatic heterocycles. The Kier molecular flexibility index (Phi) is 5.75. The number of pyridine rings is 1. The van der Waals surface area contributed by atoms with Gasteiger partial charge in [0.15, 0.2) is 0 Å². The minimum absolute atomic E-state index is 0.396. The van der Waals surface area contributed by atoms with E-state index in [1.165, 1.54) is 23.4 Å². The molecular weight excluding hydrogens is 338 g/mol. The highest BCUT2D eigenvalue weighted by Crippen LogP contribution is 2.24. The van der Waals surface area contributed by atoms with Crippen LogP contribution in [0.25, 0.3) is 0 Å². The van der Waals surface area contributed by atoms with E-state index in [2.05, 4.69) is 56.5 Å². The number of rotatable bonds is 5. The fraction of sp³-hybridized carbons (Fsp3) is 0.476. The summed E-state index contributed by atoms with van der Waals surface area (Å²) in [5.74, 6) is 0.960. The number of aromatic nitrogens is 1. The lowest BCUT2D eigenvalue weighted by atomic mass is 10.0. The smallest absolute Gasteiger partial charge is 0.128 e. The Bertz CT molecular complexity index is 747. The summed E-state index contributed by atoms with van der Waals surface area (Å²) < 4.78 is 5.46. The molecule has 0 saturated carbocycles. The van der Waals surface area contributed by atoms with Gasteiger partial charge in [-0.25, -0.2) is 4.98 Å². The number of hydrogen-bond acceptors (Lipinski definition) is 6. The first-order valence-corrected chi connectivity index (χ1v) is 9.91. The van der Waals surface area contributed by atoms with Crippen LogP contribution < -0.4 is 20.9 Å². The molecule has 2 fully saturated rings. The molecule has 6 heteroatoms. The van der Waals surface area contributed by atoms with Crippen molar-refractivity contribution >= 4 is 17.2 Å². The lowest BCUT2D eigenvalue weighted by molar-refractivity contribution is 0.122. The van der Waals surface area contributed by atoms with Gasteiger partial charge >= 0.3 is 0 Å². The second-order valence-corrected chi connectivity index (χ2v) is 7.30. The summed E-state index contributed by atoms with van der Waals surface area (Å²) in [4.78, 5) is 9.36. The minimum Gasteiger partial charge on any atom is -0.378 e. The molecule has 2 aliphatic heterocycles. The molecule has 4 rings (SSSR count). The number of morpholine rings is 1. The third kappa shape index (κ3) is 4.51. The number of benzene rings is 1. The van der Waals surface area contributed by atoms with Gasteiger partial charge in [-0.1, -0.05) is 12.1 Å². The fourth-order valence-corrected chi connectivity index (χ4v) is 3.94. The van der Waals surface area contributed by atoms with E-state index < -0.39 is 0 Å². The summed E-state index contributed by atoms with van der Waals surface area (Å²) >= 11 is 0. The number of piperidine rings is 1. The third-order valence-corrected chi connectivity index (χ3v) is 5.40. The zero-order valence-electron chi connectivity index (χ0n) is 15.8. The lowest BCUT2D eigenvalue weighted by Gasteiger charge is -2.35. The topological polar surface area (TPSA) is 66.7 Å². The molecule has 2 saturated heterocycles. The van der Waals surface area contributed by atoms with Gasteiger partial charge in [-0.15, -0.1) is 0 Å². The highest BCUT2D eigenvalue weighted by atomic mass is 16.5. The van der Waals surface area contributed by atoms with E-state index in [0.29, 0.717) is 12.6 Å². The highest BCUT2D eigenvalue weighted by Gasteiger charge is 2.21. The Morgan fingerprint density at radius 3 is 2.78 bits per heavy atom. The van der Waals surface area contributed by atoms with E-state index in [9.17, 15) is 0 Å². The third-order valence-electron chi connectivity index (χ3n) is 5.40. The minimum atomic E-state index is 0.396. The number of nitrogens with one attached hydrogen (secondary N) is 1. The van der Waals surface area contributed by atoms with Crippen molar-refractivity contribution in [3.8, 4) is 0 Å². The van der Waals surface area contributed by atoms with Crippen molar-refractivity contribution in [3.63, 3.8) is 0 Å². The van der Waals surface area contributed by atoms with Crippen LogP contribution in [0.4, 0.5) is 17.2 Å². The first-order valence-electron chi connectivity index (χ1n) is 9.91. The van der Waals surface area contributed by atoms with Crippen molar-refractivity contribution in [2.75, 3.05) is 54.5 Å². The first kappa shape index (κ1) is 18.1. The Morgan fingerprint density at radius 2 is 1.93 bits per heavy atom. The van der Waals surface area contributed by atoms with Crippen molar-refractivity contribution in [1.82, 2.24) is 4.98 Å². The molecule has 2 aliphatic rings. The molecule has 0 bridgehead atoms. The molecule has 144 valence electrons. The van der Waals surface area contributed by atoms with Crippen LogP contribution in [0.15, 0.2) is 42.6 Å². The van der Waals surface area contributed by atoms with E-state index in [1.807, 2.05) is 6.20 Å². The summed E-state index contributed by atoms with van der Waals surface area (Å²) in [5.41, 5.74) is 9.47. The molecule has 0 unspecified atom stereocenters. The van der Waals surface area contributed by atoms with Gasteiger partial charge < -0.3 is 25.6 Å². The molecular formula is C21H29N5O. The Morgan fingerprint density at radius 1 is 1.07 bits per heavy atom. The Balaban J connectivity index is 1.41. The molecule has 1 atom stereocenters. The summed E-state index contributed by atoms with van der Waals surface area (Å²) in [6.07, 6.45) is 4.24. The molecule has 0 amide bonds. The number of hydrogen-bond donors (Lipinski definition) is 2. The Hall–Kier alpha value is -2.31. The van der Waals surface area contributed by atoms with E-state index in [1.54, 1.807) is 0 Å². The molecule has 0 aliphatic carbocycles. The number of anilines is 3. The normalized spacial score (nSPS) is 20.6. The van der Waals surface area contributed by atoms with E-state index in [4.69, 9.17) is 10.5 Å². The van der Waals surface area contributed by atoms with Gasteiger partial charge in [-0.2, -0.15) is 0 Å². The van der Waals surface area contributed by atoms with E-state index >= 15 is 0 Å². The quantitative estimate of drug-likeness (QED) is 0.846. The van der Waals surface area contributed by atoms with Crippen LogP contribution in [0.3, 0.4) is 0 Å². The zero-order valence-corrected chi connectivity index (χ0v) is 15.8. The SMILES string of the molecule is NCc1cccc(N2CCC[C@@H](Nc3cc(N4CCOCC4)ccn3)C2)c1. The van der Waals surface area contributed by atoms with Gasteiger partial charge in [0.05, 0.1) is 13.2 Å². The second-order valence-electron chi connectivity index (χ2n) is 7.30. The predicted octanol–water partition coefficient (Wildman–Crippen LogP) is 2.46. The van der Waals surface area contributed by atoms with Gasteiger partial charge in [0.25, 0.3) is 0 Å². The molecule has 0 radical (unpaired) electrons. The van der Waals surface area contributed by atoms with Gasteiger partial charge in [-0.05, 0) is 36.6 Å². The second kappa shape index (κ2) is 8.59. The average molecular weight is 367 g/mol. The maximum atomic E-state index is 5.80. The molecule has 6 nitrogen and oxygen atoms in total. The molecule has 3 heterocycles. The highest BCUT2D eigenvalue weighted by molar-refractivity contribution is 5.55. The number of ether oxygens (including phenoxy) is 1. The number of nitrogens with zero attached hydrogens (tertiary/aromatic N) is 3. The van der Waals surface area contributed by atoms with E-state index in [-0.39, 0.29) is 0 Å². The number of nitrogens with two attached hydrogens (primary N) is 1. The van der Waals surface area contributed by atoms with E-state index in [0.717, 1.165) is 51.6 Å². The van der Waals surface area contributed by atoms with Crippen LogP contribution in [-0.4, -0.2) is 50.4 Å². The van der Waals surface area contributed by atoms with Crippen molar-refractivity contribution in [2.24, 2.45) is 5.73 Å². The van der Waals surface area contributed by atoms with Crippen molar-refractivity contribution in [2.45, 2.75) is 25.4 Å². The summed E-state index contributed by atoms with van der Waals surface area (Å²) in [6, 6.07) is 13.2. The van der Waals surface area contributed by atoms with Crippen molar-refractivity contribution in [1.29, 1.82) is 0 Å². The van der Waals surface area contributed by atoms with Crippen LogP contribution in [0.1, 0.15) is 18.4 Å². The summed E-state index contributed by atoms with van der Waals surface area (Å²) in [5, 5.41) is 3.65. The molecule has 2 aromatic rings. The molecule has 1 aromatic carbocycles. The van der Waals surface area contributed by atoms with Gasteiger partial charge in [-0.3, -0.25) is 0 Å². The monoisotopic (exact) mass is 367 g/mol. The van der Waals surface area contributed by atoms with Crippen LogP contribution in [0, 0.1) is 0 Å². The fourth-order valence-electron chi connectivity index (χ4n) is 3.94. The van der Waals surface area contributed by atoms with Crippen molar-refractivity contribution in [3.05, 3.63) is 48.2 Å². The largest absolute Gasteiger partial charge is 0.378 e. The van der Waals surface area contributed by atoms with Crippen LogP contribution in [-0.2, 0) is 11.3 Å². The summed E-state index contributed by atoms with van der Waals surface area (Å²) in [6.45, 7) is 6.14. The van der Waals surface area contributed by atoms with Crippen LogP contribution >= 0.6 is 0 Å². The predicted molar refractivity (Wildman–Crippen MR) is 110 cm³/mol. The maximum Gasteiger partial charge on any atom is 0.128 e. The standard InChI is InChI=1S/C21H29N5O/c22-15-17-3-1-5-19(13-17)26-8-2-4-18(16-26)24-21-14-20(6-7-23-21)25-9-11-27-12-10-25/h1,3,5-7,13-14,18H,2,4,8-12,15-16,22H2,(H,23,24)/t18-/m1/s1. The lowest BCUT2D eigenvalue weighted by Crippen LogP contribution is -2.42. The maximum absolute atomic E-state index is 5.80. The molecule has 3 N–H and O–H groups in total. The summed E-state index contributed by atoms with van der Waals surface area (Å²) in [7, 11) is 0. The Labute approximate surface area is 161 Å². The first-order chi connectivity index (χ1) is 13.3.